The number of hydrogen-bond acceptors (Lipinski definition) is 2. The molecule has 2 heteroatoms. The molecule has 0 saturated heterocycles. The van der Waals surface area contributed by atoms with E-state index in [1.807, 2.05) is 0 Å². The van der Waals surface area contributed by atoms with E-state index in [1.54, 1.807) is 7.11 Å². The third-order valence-corrected chi connectivity index (χ3v) is 0.736. The Kier molecular flexibility index (Phi) is 3.82. The van der Waals surface area contributed by atoms with E-state index in [-0.39, 0.29) is 5.41 Å². The van der Waals surface area contributed by atoms with Gasteiger partial charge in [0.25, 0.3) is 0 Å². The molecule has 56 valence electrons. The van der Waals surface area contributed by atoms with E-state index in [4.69, 9.17) is 9.47 Å². The average molecular weight is 132 g/mol. The molecule has 0 spiro atoms. The summed E-state index contributed by atoms with van der Waals surface area (Å²) in [7, 11) is 1.63. The van der Waals surface area contributed by atoms with Gasteiger partial charge >= 0.3 is 0 Å². The third-order valence-electron chi connectivity index (χ3n) is 0.736. The minimum atomic E-state index is 0.249. The maximum Gasteiger partial charge on any atom is 0.146 e. The highest BCUT2D eigenvalue weighted by molar-refractivity contribution is 4.57. The Hall–Kier alpha value is -0.0800. The standard InChI is InChI=1S/C7H16O2/c1-7(2,3)5-9-6-8-4/h5-6H2,1-4H3. The first-order valence-corrected chi connectivity index (χ1v) is 3.13. The molecule has 0 amide bonds. The van der Waals surface area contributed by atoms with Crippen molar-refractivity contribution in [1.29, 1.82) is 0 Å². The fourth-order valence-electron chi connectivity index (χ4n) is 0.431. The Morgan fingerprint density at radius 1 is 1.22 bits per heavy atom. The summed E-state index contributed by atoms with van der Waals surface area (Å²) in [4.78, 5) is 0. The Balaban J connectivity index is 3.07. The number of rotatable bonds is 3. The van der Waals surface area contributed by atoms with Crippen LogP contribution >= 0.6 is 0 Å². The zero-order valence-electron chi connectivity index (χ0n) is 6.73. The van der Waals surface area contributed by atoms with Gasteiger partial charge in [0.1, 0.15) is 6.79 Å². The van der Waals surface area contributed by atoms with Crippen LogP contribution in [0.15, 0.2) is 0 Å². The molecule has 0 aliphatic heterocycles. The van der Waals surface area contributed by atoms with Crippen LogP contribution in [0.5, 0.6) is 0 Å². The fraction of sp³-hybridized carbons (Fsp3) is 1.00. The summed E-state index contributed by atoms with van der Waals surface area (Å²) in [5.74, 6) is 0. The molecule has 9 heavy (non-hydrogen) atoms. The van der Waals surface area contributed by atoms with Crippen molar-refractivity contribution >= 4 is 0 Å². The molecular formula is C7H16O2. The molecule has 0 aromatic heterocycles. The fourth-order valence-corrected chi connectivity index (χ4v) is 0.431. The van der Waals surface area contributed by atoms with E-state index in [1.165, 1.54) is 0 Å². The minimum Gasteiger partial charge on any atom is -0.359 e. The van der Waals surface area contributed by atoms with Gasteiger partial charge in [0.2, 0.25) is 0 Å². The summed E-state index contributed by atoms with van der Waals surface area (Å²) < 4.78 is 9.84. The minimum absolute atomic E-state index is 0.249. The molecule has 0 aromatic carbocycles. The van der Waals surface area contributed by atoms with E-state index < -0.39 is 0 Å². The molecule has 2 nitrogen and oxygen atoms in total. The third kappa shape index (κ3) is 7.92. The molecule has 0 radical (unpaired) electrons. The van der Waals surface area contributed by atoms with Crippen molar-refractivity contribution in [1.82, 2.24) is 0 Å². The van der Waals surface area contributed by atoms with E-state index in [0.29, 0.717) is 6.79 Å². The van der Waals surface area contributed by atoms with Crippen LogP contribution in [0.2, 0.25) is 0 Å². The molecule has 0 heterocycles. The molecule has 0 fully saturated rings. The van der Waals surface area contributed by atoms with E-state index in [9.17, 15) is 0 Å². The van der Waals surface area contributed by atoms with Crippen LogP contribution in [0, 0.1) is 5.41 Å². The van der Waals surface area contributed by atoms with Crippen LogP contribution in [-0.2, 0) is 9.47 Å². The molecule has 0 atom stereocenters. The largest absolute Gasteiger partial charge is 0.359 e. The highest BCUT2D eigenvalue weighted by Gasteiger charge is 2.08. The van der Waals surface area contributed by atoms with Gasteiger partial charge < -0.3 is 9.47 Å². The van der Waals surface area contributed by atoms with Gasteiger partial charge in [-0.3, -0.25) is 0 Å². The number of ether oxygens (including phenoxy) is 2. The molecule has 0 aromatic rings. The zero-order chi connectivity index (χ0) is 7.33. The topological polar surface area (TPSA) is 18.5 Å². The van der Waals surface area contributed by atoms with Crippen LogP contribution in [0.4, 0.5) is 0 Å². The molecule has 0 unspecified atom stereocenters. The first kappa shape index (κ1) is 8.92. The summed E-state index contributed by atoms with van der Waals surface area (Å²) >= 11 is 0. The summed E-state index contributed by atoms with van der Waals surface area (Å²) in [6.07, 6.45) is 0. The Bertz CT molecular complexity index is 63.8. The van der Waals surface area contributed by atoms with E-state index in [0.717, 1.165) is 6.61 Å². The Morgan fingerprint density at radius 3 is 2.11 bits per heavy atom. The monoisotopic (exact) mass is 132 g/mol. The van der Waals surface area contributed by atoms with Gasteiger partial charge in [0.05, 0.1) is 6.61 Å². The molecule has 0 saturated carbocycles. The molecule has 0 aliphatic carbocycles. The highest BCUT2D eigenvalue weighted by Crippen LogP contribution is 2.12. The SMILES string of the molecule is COCOCC(C)(C)C. The first-order valence-electron chi connectivity index (χ1n) is 3.13. The number of hydrogen-bond donors (Lipinski definition) is 0. The van der Waals surface area contributed by atoms with Gasteiger partial charge in [0, 0.05) is 7.11 Å². The van der Waals surface area contributed by atoms with Crippen molar-refractivity contribution in [2.75, 3.05) is 20.5 Å². The Labute approximate surface area is 57.2 Å². The van der Waals surface area contributed by atoms with Gasteiger partial charge in [-0.25, -0.2) is 0 Å². The van der Waals surface area contributed by atoms with Crippen LogP contribution < -0.4 is 0 Å². The first-order chi connectivity index (χ1) is 4.06. The summed E-state index contributed by atoms with van der Waals surface area (Å²) in [6, 6.07) is 0. The lowest BCUT2D eigenvalue weighted by atomic mass is 9.99. The predicted molar refractivity (Wildman–Crippen MR) is 37.3 cm³/mol. The highest BCUT2D eigenvalue weighted by atomic mass is 16.7. The van der Waals surface area contributed by atoms with Crippen molar-refractivity contribution < 1.29 is 9.47 Å². The van der Waals surface area contributed by atoms with Crippen LogP contribution in [-0.4, -0.2) is 20.5 Å². The number of methoxy groups -OCH3 is 1. The lowest BCUT2D eigenvalue weighted by Gasteiger charge is -2.17. The van der Waals surface area contributed by atoms with Crippen molar-refractivity contribution in [2.24, 2.45) is 5.41 Å². The van der Waals surface area contributed by atoms with Gasteiger partial charge in [0.15, 0.2) is 0 Å². The normalized spacial score (nSPS) is 12.0. The smallest absolute Gasteiger partial charge is 0.146 e. The van der Waals surface area contributed by atoms with Gasteiger partial charge in [-0.15, -0.1) is 0 Å². The van der Waals surface area contributed by atoms with Crippen molar-refractivity contribution in [3.05, 3.63) is 0 Å². The second-order valence-corrected chi connectivity index (χ2v) is 3.32. The van der Waals surface area contributed by atoms with Gasteiger partial charge in [-0.05, 0) is 5.41 Å². The van der Waals surface area contributed by atoms with Crippen molar-refractivity contribution in [2.45, 2.75) is 20.8 Å². The zero-order valence-corrected chi connectivity index (χ0v) is 6.73. The molecular weight excluding hydrogens is 116 g/mol. The maximum absolute atomic E-state index is 5.12. The second kappa shape index (κ2) is 3.85. The van der Waals surface area contributed by atoms with E-state index >= 15 is 0 Å². The predicted octanol–water partition coefficient (Wildman–Crippen LogP) is 1.65. The molecule has 0 rings (SSSR count). The molecule has 0 N–H and O–H groups in total. The Morgan fingerprint density at radius 2 is 1.78 bits per heavy atom. The lowest BCUT2D eigenvalue weighted by Crippen LogP contribution is -2.15. The van der Waals surface area contributed by atoms with Crippen LogP contribution in [0.1, 0.15) is 20.8 Å². The van der Waals surface area contributed by atoms with Crippen molar-refractivity contribution in [3.8, 4) is 0 Å². The second-order valence-electron chi connectivity index (χ2n) is 3.32. The average Bonchev–Trinajstić information content (AvgIpc) is 1.63. The van der Waals surface area contributed by atoms with Gasteiger partial charge in [-0.2, -0.15) is 0 Å². The molecule has 0 bridgehead atoms. The lowest BCUT2D eigenvalue weighted by molar-refractivity contribution is -0.0546. The van der Waals surface area contributed by atoms with Gasteiger partial charge in [-0.1, -0.05) is 20.8 Å². The van der Waals surface area contributed by atoms with Crippen LogP contribution in [0.3, 0.4) is 0 Å². The summed E-state index contributed by atoms with van der Waals surface area (Å²) in [5, 5.41) is 0. The summed E-state index contributed by atoms with van der Waals surface area (Å²) in [5.41, 5.74) is 0.249. The quantitative estimate of drug-likeness (QED) is 0.429. The van der Waals surface area contributed by atoms with Crippen molar-refractivity contribution in [3.63, 3.8) is 0 Å². The molecule has 0 aliphatic rings. The summed E-state index contributed by atoms with van der Waals surface area (Å²) in [6.45, 7) is 7.53. The van der Waals surface area contributed by atoms with Crippen LogP contribution in [0.25, 0.3) is 0 Å². The maximum atomic E-state index is 5.12. The van der Waals surface area contributed by atoms with E-state index in [2.05, 4.69) is 20.8 Å².